The van der Waals surface area contributed by atoms with Crippen LogP contribution in [0.1, 0.15) is 62.8 Å². The van der Waals surface area contributed by atoms with Gasteiger partial charge < -0.3 is 9.73 Å². The summed E-state index contributed by atoms with van der Waals surface area (Å²) in [4.78, 5) is 4.71. The SMILES string of the molecule is CCc1oc(C2CCNCC2)nc1C(C)C. The minimum Gasteiger partial charge on any atom is -0.445 e. The molecule has 0 atom stereocenters. The van der Waals surface area contributed by atoms with Crippen molar-refractivity contribution in [1.82, 2.24) is 10.3 Å². The molecule has 0 saturated carbocycles. The Balaban J connectivity index is 2.20. The highest BCUT2D eigenvalue weighted by Crippen LogP contribution is 2.29. The standard InChI is InChI=1S/C13H22N2O/c1-4-11-12(9(2)3)15-13(16-11)10-5-7-14-8-6-10/h9-10,14H,4-8H2,1-3H3. The van der Waals surface area contributed by atoms with Crippen molar-refractivity contribution in [2.45, 2.75) is 51.9 Å². The maximum Gasteiger partial charge on any atom is 0.197 e. The van der Waals surface area contributed by atoms with Gasteiger partial charge in [-0.15, -0.1) is 0 Å². The van der Waals surface area contributed by atoms with Gasteiger partial charge in [-0.3, -0.25) is 0 Å². The van der Waals surface area contributed by atoms with E-state index in [1.165, 1.54) is 0 Å². The van der Waals surface area contributed by atoms with Crippen molar-refractivity contribution in [3.8, 4) is 0 Å². The summed E-state index contributed by atoms with van der Waals surface area (Å²) in [6.07, 6.45) is 3.26. The molecule has 1 aromatic rings. The van der Waals surface area contributed by atoms with Crippen molar-refractivity contribution in [2.24, 2.45) is 0 Å². The third kappa shape index (κ3) is 2.29. The molecule has 1 fully saturated rings. The van der Waals surface area contributed by atoms with E-state index in [1.807, 2.05) is 0 Å². The predicted octanol–water partition coefficient (Wildman–Crippen LogP) is 2.83. The zero-order valence-corrected chi connectivity index (χ0v) is 10.5. The van der Waals surface area contributed by atoms with E-state index in [0.29, 0.717) is 11.8 Å². The van der Waals surface area contributed by atoms with Crippen LogP contribution in [0.5, 0.6) is 0 Å². The second-order valence-electron chi connectivity index (χ2n) is 4.89. The average molecular weight is 222 g/mol. The van der Waals surface area contributed by atoms with Gasteiger partial charge in [-0.25, -0.2) is 4.98 Å². The number of rotatable bonds is 3. The lowest BCUT2D eigenvalue weighted by Gasteiger charge is -2.19. The fraction of sp³-hybridized carbons (Fsp3) is 0.769. The van der Waals surface area contributed by atoms with Crippen LogP contribution in [0.4, 0.5) is 0 Å². The lowest BCUT2D eigenvalue weighted by atomic mass is 9.98. The van der Waals surface area contributed by atoms with Crippen molar-refractivity contribution in [1.29, 1.82) is 0 Å². The van der Waals surface area contributed by atoms with Crippen LogP contribution in [-0.2, 0) is 6.42 Å². The highest BCUT2D eigenvalue weighted by Gasteiger charge is 2.23. The molecule has 16 heavy (non-hydrogen) atoms. The van der Waals surface area contributed by atoms with Crippen molar-refractivity contribution in [3.63, 3.8) is 0 Å². The molecule has 3 heteroatoms. The molecule has 0 aromatic carbocycles. The molecule has 0 amide bonds. The Labute approximate surface area is 97.6 Å². The summed E-state index contributed by atoms with van der Waals surface area (Å²) in [6.45, 7) is 8.68. The fourth-order valence-corrected chi connectivity index (χ4v) is 2.33. The van der Waals surface area contributed by atoms with E-state index in [-0.39, 0.29) is 0 Å². The van der Waals surface area contributed by atoms with Crippen LogP contribution in [0.15, 0.2) is 4.42 Å². The van der Waals surface area contributed by atoms with Gasteiger partial charge in [0.2, 0.25) is 0 Å². The first-order valence-electron chi connectivity index (χ1n) is 6.42. The number of aromatic nitrogens is 1. The first-order valence-corrected chi connectivity index (χ1v) is 6.42. The van der Waals surface area contributed by atoms with Crippen molar-refractivity contribution in [2.75, 3.05) is 13.1 Å². The van der Waals surface area contributed by atoms with Crippen molar-refractivity contribution >= 4 is 0 Å². The molecule has 0 unspecified atom stereocenters. The lowest BCUT2D eigenvalue weighted by molar-refractivity contribution is 0.362. The highest BCUT2D eigenvalue weighted by molar-refractivity contribution is 5.15. The summed E-state index contributed by atoms with van der Waals surface area (Å²) in [5.74, 6) is 3.05. The quantitative estimate of drug-likeness (QED) is 0.854. The van der Waals surface area contributed by atoms with Crippen molar-refractivity contribution < 1.29 is 4.42 Å². The first-order chi connectivity index (χ1) is 7.72. The molecule has 2 rings (SSSR count). The number of aryl methyl sites for hydroxylation is 1. The lowest BCUT2D eigenvalue weighted by Crippen LogP contribution is -2.26. The molecule has 1 N–H and O–H groups in total. The van der Waals surface area contributed by atoms with Crippen LogP contribution < -0.4 is 5.32 Å². The average Bonchev–Trinajstić information content (AvgIpc) is 2.74. The van der Waals surface area contributed by atoms with E-state index < -0.39 is 0 Å². The van der Waals surface area contributed by atoms with Crippen LogP contribution in [0.3, 0.4) is 0 Å². The van der Waals surface area contributed by atoms with E-state index in [0.717, 1.165) is 49.7 Å². The van der Waals surface area contributed by atoms with Gasteiger partial charge in [0.1, 0.15) is 5.76 Å². The maximum atomic E-state index is 5.93. The summed E-state index contributed by atoms with van der Waals surface area (Å²) >= 11 is 0. The number of nitrogens with one attached hydrogen (secondary N) is 1. The Bertz CT molecular complexity index is 338. The van der Waals surface area contributed by atoms with Gasteiger partial charge in [-0.2, -0.15) is 0 Å². The van der Waals surface area contributed by atoms with Gasteiger partial charge in [-0.1, -0.05) is 20.8 Å². The summed E-state index contributed by atoms with van der Waals surface area (Å²) in [6, 6.07) is 0. The summed E-state index contributed by atoms with van der Waals surface area (Å²) in [5.41, 5.74) is 1.16. The van der Waals surface area contributed by atoms with Gasteiger partial charge in [-0.05, 0) is 31.8 Å². The van der Waals surface area contributed by atoms with Gasteiger partial charge >= 0.3 is 0 Å². The van der Waals surface area contributed by atoms with E-state index in [2.05, 4.69) is 26.1 Å². The Morgan fingerprint density at radius 3 is 2.56 bits per heavy atom. The number of hydrogen-bond donors (Lipinski definition) is 1. The second kappa shape index (κ2) is 5.00. The third-order valence-corrected chi connectivity index (χ3v) is 3.30. The largest absolute Gasteiger partial charge is 0.445 e. The molecule has 3 nitrogen and oxygen atoms in total. The Morgan fingerprint density at radius 2 is 2.06 bits per heavy atom. The smallest absolute Gasteiger partial charge is 0.197 e. The normalized spacial score (nSPS) is 18.2. The van der Waals surface area contributed by atoms with Crippen LogP contribution >= 0.6 is 0 Å². The first kappa shape index (κ1) is 11.6. The molecule has 90 valence electrons. The molecule has 0 radical (unpaired) electrons. The molecular weight excluding hydrogens is 200 g/mol. The zero-order chi connectivity index (χ0) is 11.5. The molecule has 1 aliphatic heterocycles. The summed E-state index contributed by atoms with van der Waals surface area (Å²) in [7, 11) is 0. The minimum absolute atomic E-state index is 0.467. The van der Waals surface area contributed by atoms with Crippen LogP contribution in [0.25, 0.3) is 0 Å². The van der Waals surface area contributed by atoms with E-state index in [9.17, 15) is 0 Å². The molecule has 0 spiro atoms. The van der Waals surface area contributed by atoms with E-state index >= 15 is 0 Å². The maximum absolute atomic E-state index is 5.93. The van der Waals surface area contributed by atoms with E-state index in [4.69, 9.17) is 9.40 Å². The minimum atomic E-state index is 0.467. The summed E-state index contributed by atoms with van der Waals surface area (Å²) < 4.78 is 5.93. The molecule has 0 aliphatic carbocycles. The Kier molecular flexibility index (Phi) is 3.64. The molecule has 2 heterocycles. The van der Waals surface area contributed by atoms with Crippen LogP contribution in [-0.4, -0.2) is 18.1 Å². The molecule has 1 saturated heterocycles. The molecule has 1 aromatic heterocycles. The number of oxazole rings is 1. The predicted molar refractivity (Wildman–Crippen MR) is 64.8 cm³/mol. The molecule has 0 bridgehead atoms. The molecule has 1 aliphatic rings. The summed E-state index contributed by atoms with van der Waals surface area (Å²) in [5, 5.41) is 3.37. The third-order valence-electron chi connectivity index (χ3n) is 3.30. The van der Waals surface area contributed by atoms with Crippen LogP contribution in [0.2, 0.25) is 0 Å². The Hall–Kier alpha value is -0.830. The topological polar surface area (TPSA) is 38.1 Å². The van der Waals surface area contributed by atoms with Gasteiger partial charge in [0, 0.05) is 12.3 Å². The zero-order valence-electron chi connectivity index (χ0n) is 10.5. The number of nitrogens with zero attached hydrogens (tertiary/aromatic N) is 1. The number of piperidine rings is 1. The number of hydrogen-bond acceptors (Lipinski definition) is 3. The van der Waals surface area contributed by atoms with Crippen molar-refractivity contribution in [3.05, 3.63) is 17.3 Å². The Morgan fingerprint density at radius 1 is 1.38 bits per heavy atom. The van der Waals surface area contributed by atoms with Gasteiger partial charge in [0.15, 0.2) is 5.89 Å². The second-order valence-corrected chi connectivity index (χ2v) is 4.89. The van der Waals surface area contributed by atoms with E-state index in [1.54, 1.807) is 0 Å². The monoisotopic (exact) mass is 222 g/mol. The van der Waals surface area contributed by atoms with Gasteiger partial charge in [0.25, 0.3) is 0 Å². The highest BCUT2D eigenvalue weighted by atomic mass is 16.4. The molecular formula is C13H22N2O. The van der Waals surface area contributed by atoms with Gasteiger partial charge in [0.05, 0.1) is 5.69 Å². The fourth-order valence-electron chi connectivity index (χ4n) is 2.33. The van der Waals surface area contributed by atoms with Crippen LogP contribution in [0, 0.1) is 0 Å².